The van der Waals surface area contributed by atoms with Crippen LogP contribution < -0.4 is 0 Å². The second kappa shape index (κ2) is 72.0. The molecular formula is C49H100O25. The quantitative estimate of drug-likeness (QED) is 0.0789. The minimum absolute atomic E-state index is 0.0184. The minimum Gasteiger partial charge on any atom is -0.394 e. The zero-order valence-corrected chi connectivity index (χ0v) is 45.2. The van der Waals surface area contributed by atoms with Crippen LogP contribution >= 0.6 is 0 Å². The molecule has 0 unspecified atom stereocenters. The summed E-state index contributed by atoms with van der Waals surface area (Å²) in [5.41, 5.74) is 0. The first kappa shape index (κ1) is 73.0. The van der Waals surface area contributed by atoms with Crippen LogP contribution in [-0.2, 0) is 114 Å². The summed E-state index contributed by atoms with van der Waals surface area (Å²) in [5.74, 6) is 0. The molecule has 74 heavy (non-hydrogen) atoms. The van der Waals surface area contributed by atoms with Gasteiger partial charge < -0.3 is 119 Å². The van der Waals surface area contributed by atoms with Gasteiger partial charge in [0.2, 0.25) is 0 Å². The van der Waals surface area contributed by atoms with Crippen molar-refractivity contribution in [3.05, 3.63) is 0 Å². The molecule has 446 valence electrons. The molecule has 0 aromatic heterocycles. The van der Waals surface area contributed by atoms with Crippen molar-refractivity contribution in [2.75, 3.05) is 324 Å². The predicted molar refractivity (Wildman–Crippen MR) is 268 cm³/mol. The molecular weight excluding hydrogens is 989 g/mol. The first-order valence-electron chi connectivity index (χ1n) is 26.3. The third kappa shape index (κ3) is 71.0. The third-order valence-electron chi connectivity index (χ3n) is 8.85. The minimum atomic E-state index is 0.0184. The van der Waals surface area contributed by atoms with Crippen LogP contribution in [0.15, 0.2) is 0 Å². The van der Waals surface area contributed by atoms with Crippen molar-refractivity contribution in [1.82, 2.24) is 0 Å². The molecule has 0 fully saturated rings. The lowest BCUT2D eigenvalue weighted by atomic mass is 10.6. The van der Waals surface area contributed by atoms with Crippen molar-refractivity contribution in [2.45, 2.75) is 0 Å². The fourth-order valence-electron chi connectivity index (χ4n) is 5.15. The molecule has 0 atom stereocenters. The van der Waals surface area contributed by atoms with Crippen LogP contribution in [0.3, 0.4) is 0 Å². The molecule has 0 aromatic carbocycles. The molecule has 0 spiro atoms. The SMILES string of the molecule is COCCOCCOCCOCCOCCOCCOCCOCCOCCOCCOCCOCCOCCOCCOCCOCCOCCOCCOCCOCCOCCOCCOCCOCCO. The molecule has 25 heteroatoms. The maximum absolute atomic E-state index is 8.61. The summed E-state index contributed by atoms with van der Waals surface area (Å²) in [4.78, 5) is 0. The highest BCUT2D eigenvalue weighted by Crippen LogP contribution is 1.91. The van der Waals surface area contributed by atoms with Crippen molar-refractivity contribution in [3.8, 4) is 0 Å². The van der Waals surface area contributed by atoms with Gasteiger partial charge in [0.05, 0.1) is 317 Å². The lowest BCUT2D eigenvalue weighted by molar-refractivity contribution is -0.0320. The molecule has 1 N–H and O–H groups in total. The van der Waals surface area contributed by atoms with Crippen molar-refractivity contribution in [1.29, 1.82) is 0 Å². The molecule has 0 aliphatic rings. The van der Waals surface area contributed by atoms with Crippen molar-refractivity contribution in [3.63, 3.8) is 0 Å². The molecule has 0 bridgehead atoms. The van der Waals surface area contributed by atoms with Gasteiger partial charge in [-0.05, 0) is 0 Å². The Morgan fingerprint density at radius 1 is 0.135 bits per heavy atom. The van der Waals surface area contributed by atoms with Crippen LogP contribution in [0.4, 0.5) is 0 Å². The summed E-state index contributed by atoms with van der Waals surface area (Å²) in [5, 5.41) is 8.61. The molecule has 25 nitrogen and oxygen atoms in total. The second-order valence-electron chi connectivity index (χ2n) is 14.8. The summed E-state index contributed by atoms with van der Waals surface area (Å²) >= 11 is 0. The Hall–Kier alpha value is -1.00. The van der Waals surface area contributed by atoms with E-state index >= 15 is 0 Å². The van der Waals surface area contributed by atoms with Gasteiger partial charge in [0, 0.05) is 7.11 Å². The van der Waals surface area contributed by atoms with Gasteiger partial charge in [-0.2, -0.15) is 0 Å². The molecule has 0 aromatic rings. The molecule has 0 aliphatic carbocycles. The Bertz CT molecular complexity index is 885. The van der Waals surface area contributed by atoms with Gasteiger partial charge in [0.15, 0.2) is 0 Å². The summed E-state index contributed by atoms with van der Waals surface area (Å²) in [7, 11) is 1.64. The highest BCUT2D eigenvalue weighted by atomic mass is 16.6. The largest absolute Gasteiger partial charge is 0.394 e. The zero-order chi connectivity index (χ0) is 52.9. The van der Waals surface area contributed by atoms with Crippen LogP contribution in [-0.4, -0.2) is 329 Å². The monoisotopic (exact) mass is 1090 g/mol. The highest BCUT2D eigenvalue weighted by molar-refractivity contribution is 4.42. The van der Waals surface area contributed by atoms with E-state index in [1.807, 2.05) is 0 Å². The summed E-state index contributed by atoms with van der Waals surface area (Å²) < 4.78 is 130. The maximum atomic E-state index is 8.61. The van der Waals surface area contributed by atoms with Crippen LogP contribution in [0.5, 0.6) is 0 Å². The fraction of sp³-hybridized carbons (Fsp3) is 1.00. The first-order chi connectivity index (χ1) is 36.9. The van der Waals surface area contributed by atoms with Crippen LogP contribution in [0, 0.1) is 0 Å². The average molecular weight is 1090 g/mol. The van der Waals surface area contributed by atoms with E-state index < -0.39 is 0 Å². The second-order valence-corrected chi connectivity index (χ2v) is 14.8. The Kier molecular flexibility index (Phi) is 71.0. The third-order valence-corrected chi connectivity index (χ3v) is 8.85. The van der Waals surface area contributed by atoms with Gasteiger partial charge in [-0.1, -0.05) is 0 Å². The van der Waals surface area contributed by atoms with E-state index in [1.54, 1.807) is 7.11 Å². The van der Waals surface area contributed by atoms with E-state index in [1.165, 1.54) is 0 Å². The van der Waals surface area contributed by atoms with Gasteiger partial charge in [0.25, 0.3) is 0 Å². The van der Waals surface area contributed by atoms with Crippen LogP contribution in [0.1, 0.15) is 0 Å². The number of rotatable bonds is 71. The standard InChI is InChI=1S/C49H100O25/c1-51-4-5-53-8-9-55-12-13-57-16-17-59-20-21-61-24-25-63-28-29-65-32-33-67-36-37-69-40-41-71-44-45-73-48-49-74-47-46-72-43-42-70-39-38-68-35-34-66-31-30-64-27-26-62-23-22-60-19-18-58-15-14-56-11-10-54-7-6-52-3-2-50/h50H,2-49H2,1H3. The number of ether oxygens (including phenoxy) is 24. The molecule has 0 saturated carbocycles. The summed E-state index contributed by atoms with van der Waals surface area (Å²) in [6, 6.07) is 0. The van der Waals surface area contributed by atoms with E-state index in [0.29, 0.717) is 311 Å². The van der Waals surface area contributed by atoms with Gasteiger partial charge >= 0.3 is 0 Å². The number of hydrogen-bond acceptors (Lipinski definition) is 25. The summed E-state index contributed by atoms with van der Waals surface area (Å²) in [6.45, 7) is 23.3. The van der Waals surface area contributed by atoms with Crippen LogP contribution in [0.2, 0.25) is 0 Å². The lowest BCUT2D eigenvalue weighted by Gasteiger charge is -2.09. The molecule has 0 aliphatic heterocycles. The van der Waals surface area contributed by atoms with E-state index in [4.69, 9.17) is 119 Å². The van der Waals surface area contributed by atoms with Gasteiger partial charge in [-0.15, -0.1) is 0 Å². The number of methoxy groups -OCH3 is 1. The maximum Gasteiger partial charge on any atom is 0.0701 e. The van der Waals surface area contributed by atoms with E-state index in [-0.39, 0.29) is 6.61 Å². The zero-order valence-electron chi connectivity index (χ0n) is 45.2. The topological polar surface area (TPSA) is 242 Å². The summed E-state index contributed by atoms with van der Waals surface area (Å²) in [6.07, 6.45) is 0. The van der Waals surface area contributed by atoms with E-state index in [2.05, 4.69) is 0 Å². The van der Waals surface area contributed by atoms with Crippen LogP contribution in [0.25, 0.3) is 0 Å². The Labute approximate surface area is 442 Å². The molecule has 0 heterocycles. The fourth-order valence-corrected chi connectivity index (χ4v) is 5.15. The number of hydrogen-bond donors (Lipinski definition) is 1. The van der Waals surface area contributed by atoms with Gasteiger partial charge in [-0.25, -0.2) is 0 Å². The van der Waals surface area contributed by atoms with Gasteiger partial charge in [-0.3, -0.25) is 0 Å². The Balaban J connectivity index is 3.07. The number of aliphatic hydroxyl groups is 1. The molecule has 0 rings (SSSR count). The Morgan fingerprint density at radius 3 is 0.297 bits per heavy atom. The predicted octanol–water partition coefficient (Wildman–Crippen LogP) is 0.00690. The van der Waals surface area contributed by atoms with E-state index in [9.17, 15) is 0 Å². The first-order valence-corrected chi connectivity index (χ1v) is 26.3. The average Bonchev–Trinajstić information content (AvgIpc) is 3.41. The van der Waals surface area contributed by atoms with Crippen molar-refractivity contribution in [2.24, 2.45) is 0 Å². The Morgan fingerprint density at radius 2 is 0.216 bits per heavy atom. The van der Waals surface area contributed by atoms with Gasteiger partial charge in [0.1, 0.15) is 0 Å². The number of aliphatic hydroxyl groups excluding tert-OH is 1. The smallest absolute Gasteiger partial charge is 0.0701 e. The van der Waals surface area contributed by atoms with E-state index in [0.717, 1.165) is 0 Å². The molecule has 0 radical (unpaired) electrons. The molecule has 0 amide bonds. The molecule has 0 saturated heterocycles. The van der Waals surface area contributed by atoms with Crippen molar-refractivity contribution < 1.29 is 119 Å². The lowest BCUT2D eigenvalue weighted by Crippen LogP contribution is -2.16. The highest BCUT2D eigenvalue weighted by Gasteiger charge is 2.00. The van der Waals surface area contributed by atoms with Crippen molar-refractivity contribution >= 4 is 0 Å². The normalized spacial score (nSPS) is 11.8.